The third-order valence-electron chi connectivity index (χ3n) is 8.42. The molecule has 10 heteroatoms. The molecule has 0 heterocycles. The van der Waals surface area contributed by atoms with E-state index in [1.54, 1.807) is 57.2 Å². The summed E-state index contributed by atoms with van der Waals surface area (Å²) in [5.41, 5.74) is -0.00651. The van der Waals surface area contributed by atoms with Gasteiger partial charge in [0, 0.05) is 18.0 Å². The summed E-state index contributed by atoms with van der Waals surface area (Å²) in [5.74, 6) is -3.76. The number of carboxylic acid groups (broad SMARTS) is 2. The summed E-state index contributed by atoms with van der Waals surface area (Å²) < 4.78 is 0. The Morgan fingerprint density at radius 2 is 1.55 bits per heavy atom. The molecule has 0 radical (unpaired) electrons. The van der Waals surface area contributed by atoms with Crippen molar-refractivity contribution >= 4 is 52.6 Å². The fraction of sp³-hybridized carbons (Fsp3) is 0.467. The summed E-state index contributed by atoms with van der Waals surface area (Å²) in [6.45, 7) is 11.1. The van der Waals surface area contributed by atoms with E-state index in [-0.39, 0.29) is 27.4 Å². The predicted octanol–water partition coefficient (Wildman–Crippen LogP) is 6.18. The van der Waals surface area contributed by atoms with Crippen LogP contribution in [0.3, 0.4) is 0 Å². The minimum atomic E-state index is -1.21. The number of carboxylic acids is 2. The van der Waals surface area contributed by atoms with Crippen molar-refractivity contribution in [3.63, 3.8) is 0 Å². The number of hydrogen-bond acceptors (Lipinski definition) is 4. The van der Waals surface area contributed by atoms with E-state index < -0.39 is 46.5 Å². The van der Waals surface area contributed by atoms with E-state index in [9.17, 15) is 29.4 Å². The Morgan fingerprint density at radius 3 is 2.00 bits per heavy atom. The molecule has 0 aliphatic heterocycles. The maximum Gasteiger partial charge on any atom is 0.326 e. The van der Waals surface area contributed by atoms with Gasteiger partial charge >= 0.3 is 11.9 Å². The third kappa shape index (κ3) is 6.28. The van der Waals surface area contributed by atoms with Crippen LogP contribution in [0.2, 0.25) is 10.0 Å². The van der Waals surface area contributed by atoms with Gasteiger partial charge in [0.2, 0.25) is 5.91 Å². The van der Waals surface area contributed by atoms with Gasteiger partial charge in [0.15, 0.2) is 0 Å². The number of aliphatic carboxylic acids is 2. The number of rotatable bonds is 8. The number of halogens is 2. The Balaban J connectivity index is 1.69. The molecule has 216 valence electrons. The summed E-state index contributed by atoms with van der Waals surface area (Å²) >= 11 is 12.8. The zero-order chi connectivity index (χ0) is 30.2. The van der Waals surface area contributed by atoms with Gasteiger partial charge in [-0.15, -0.1) is 0 Å². The molecule has 4 N–H and O–H groups in total. The maximum atomic E-state index is 13.1. The molecule has 0 aromatic heterocycles. The first-order valence-corrected chi connectivity index (χ1v) is 13.8. The van der Waals surface area contributed by atoms with Gasteiger partial charge < -0.3 is 20.8 Å². The number of benzene rings is 2. The van der Waals surface area contributed by atoms with Crippen LogP contribution >= 0.6 is 23.2 Å². The molecule has 1 aliphatic rings. The van der Waals surface area contributed by atoms with Crippen LogP contribution in [0.25, 0.3) is 0 Å². The first-order valence-electron chi connectivity index (χ1n) is 13.0. The minimum absolute atomic E-state index is 0.00453. The molecule has 3 atom stereocenters. The van der Waals surface area contributed by atoms with E-state index in [0.29, 0.717) is 24.1 Å². The molecule has 2 amide bonds. The van der Waals surface area contributed by atoms with E-state index >= 15 is 0 Å². The summed E-state index contributed by atoms with van der Waals surface area (Å²) in [6.07, 6.45) is 0.690. The SMILES string of the molecule is CC(C)(C)c1cc(Cl)c(C(=O)Nc2ccc(CC(NC(=O)[C@H]3CC[C@@](C)(C(=O)O)C3(C)C)C(=O)O)cc2)c(Cl)c1. The summed E-state index contributed by atoms with van der Waals surface area (Å²) in [7, 11) is 0. The molecule has 2 aromatic rings. The Kier molecular flexibility index (Phi) is 8.97. The van der Waals surface area contributed by atoms with Gasteiger partial charge in [0.05, 0.1) is 21.0 Å². The molecule has 2 aromatic carbocycles. The maximum absolute atomic E-state index is 13.1. The van der Waals surface area contributed by atoms with Crippen molar-refractivity contribution in [3.8, 4) is 0 Å². The lowest BCUT2D eigenvalue weighted by molar-refractivity contribution is -0.155. The highest BCUT2D eigenvalue weighted by atomic mass is 35.5. The molecule has 1 saturated carbocycles. The number of carbonyl (C=O) groups is 4. The van der Waals surface area contributed by atoms with Crippen molar-refractivity contribution < 1.29 is 29.4 Å². The number of nitrogens with one attached hydrogen (secondary N) is 2. The van der Waals surface area contributed by atoms with Gasteiger partial charge in [-0.05, 0) is 66.0 Å². The average molecular weight is 592 g/mol. The predicted molar refractivity (Wildman–Crippen MR) is 155 cm³/mol. The lowest BCUT2D eigenvalue weighted by Gasteiger charge is -2.38. The fourth-order valence-corrected chi connectivity index (χ4v) is 5.85. The van der Waals surface area contributed by atoms with Crippen LogP contribution in [0, 0.1) is 16.7 Å². The van der Waals surface area contributed by atoms with Crippen LogP contribution in [-0.2, 0) is 26.2 Å². The third-order valence-corrected chi connectivity index (χ3v) is 9.01. The van der Waals surface area contributed by atoms with E-state index in [0.717, 1.165) is 5.56 Å². The Labute approximate surface area is 244 Å². The van der Waals surface area contributed by atoms with Crippen molar-refractivity contribution in [1.82, 2.24) is 5.32 Å². The number of carbonyl (C=O) groups excluding carboxylic acids is 2. The molecule has 40 heavy (non-hydrogen) atoms. The zero-order valence-corrected chi connectivity index (χ0v) is 25.0. The highest BCUT2D eigenvalue weighted by Gasteiger charge is 2.58. The molecule has 0 bridgehead atoms. The van der Waals surface area contributed by atoms with Crippen LogP contribution in [0.1, 0.15) is 75.9 Å². The molecule has 1 aliphatic carbocycles. The van der Waals surface area contributed by atoms with Crippen molar-refractivity contribution in [2.45, 2.75) is 72.3 Å². The second-order valence-corrected chi connectivity index (χ2v) is 13.1. The molecule has 0 saturated heterocycles. The quantitative estimate of drug-likeness (QED) is 0.290. The standard InChI is InChI=1S/C30H36Cl2N2O6/c1-28(2,3)17-14-20(31)23(21(32)15-17)25(36)33-18-9-7-16(8-10-18)13-22(26(37)38)34-24(35)19-11-12-30(6,27(39)40)29(19,4)5/h7-10,14-15,19,22H,11-13H2,1-6H3,(H,33,36)(H,34,35)(H,37,38)(H,39,40)/t19-,22?,30+/m1/s1. The summed E-state index contributed by atoms with van der Waals surface area (Å²) in [6, 6.07) is 8.80. The molecule has 3 rings (SSSR count). The smallest absolute Gasteiger partial charge is 0.326 e. The van der Waals surface area contributed by atoms with Crippen LogP contribution in [-0.4, -0.2) is 40.0 Å². The topological polar surface area (TPSA) is 133 Å². The Morgan fingerprint density at radius 1 is 1.00 bits per heavy atom. The van der Waals surface area contributed by atoms with Crippen molar-refractivity contribution in [2.24, 2.45) is 16.7 Å². The number of anilines is 1. The van der Waals surface area contributed by atoms with Crippen LogP contribution in [0.15, 0.2) is 36.4 Å². The molecular formula is C30H36Cl2N2O6. The van der Waals surface area contributed by atoms with Crippen LogP contribution < -0.4 is 10.6 Å². The second kappa shape index (κ2) is 11.4. The largest absolute Gasteiger partial charge is 0.481 e. The van der Waals surface area contributed by atoms with Gasteiger partial charge in [0.1, 0.15) is 6.04 Å². The average Bonchev–Trinajstić information content (AvgIpc) is 3.08. The Bertz CT molecular complexity index is 1310. The normalized spacial score (nSPS) is 20.9. The first kappa shape index (κ1) is 31.4. The van der Waals surface area contributed by atoms with Crippen LogP contribution in [0.5, 0.6) is 0 Å². The van der Waals surface area contributed by atoms with Gasteiger partial charge in [-0.3, -0.25) is 14.4 Å². The highest BCUT2D eigenvalue weighted by Crippen LogP contribution is 2.56. The monoisotopic (exact) mass is 590 g/mol. The lowest BCUT2D eigenvalue weighted by Crippen LogP contribution is -2.49. The highest BCUT2D eigenvalue weighted by molar-refractivity contribution is 6.40. The summed E-state index contributed by atoms with van der Waals surface area (Å²) in [5, 5.41) is 25.3. The fourth-order valence-electron chi connectivity index (χ4n) is 5.19. The molecule has 1 fully saturated rings. The van der Waals surface area contributed by atoms with Crippen molar-refractivity contribution in [3.05, 3.63) is 63.1 Å². The van der Waals surface area contributed by atoms with Crippen molar-refractivity contribution in [1.29, 1.82) is 0 Å². The number of hydrogen-bond donors (Lipinski definition) is 4. The van der Waals surface area contributed by atoms with Gasteiger partial charge in [-0.2, -0.15) is 0 Å². The molecule has 1 unspecified atom stereocenters. The van der Waals surface area contributed by atoms with Gasteiger partial charge in [-0.1, -0.05) is 70.0 Å². The first-order chi connectivity index (χ1) is 18.4. The van der Waals surface area contributed by atoms with E-state index in [2.05, 4.69) is 10.6 Å². The zero-order valence-electron chi connectivity index (χ0n) is 23.5. The molecule has 0 spiro atoms. The van der Waals surface area contributed by atoms with E-state index in [1.807, 2.05) is 20.8 Å². The van der Waals surface area contributed by atoms with E-state index in [1.165, 1.54) is 0 Å². The second-order valence-electron chi connectivity index (χ2n) is 12.3. The molecule has 8 nitrogen and oxygen atoms in total. The minimum Gasteiger partial charge on any atom is -0.481 e. The van der Waals surface area contributed by atoms with E-state index in [4.69, 9.17) is 23.2 Å². The number of amides is 2. The summed E-state index contributed by atoms with van der Waals surface area (Å²) in [4.78, 5) is 49.8. The lowest BCUT2D eigenvalue weighted by atomic mass is 9.65. The molecular weight excluding hydrogens is 555 g/mol. The van der Waals surface area contributed by atoms with Gasteiger partial charge in [-0.25, -0.2) is 4.79 Å². The van der Waals surface area contributed by atoms with Gasteiger partial charge in [0.25, 0.3) is 5.91 Å². The Hall–Kier alpha value is -3.10. The van der Waals surface area contributed by atoms with Crippen molar-refractivity contribution in [2.75, 3.05) is 5.32 Å². The van der Waals surface area contributed by atoms with Crippen LogP contribution in [0.4, 0.5) is 5.69 Å².